The van der Waals surface area contributed by atoms with Gasteiger partial charge < -0.3 is 19.0 Å². The molecule has 10 heteroatoms. The van der Waals surface area contributed by atoms with Gasteiger partial charge in [0.2, 0.25) is 5.76 Å². The third-order valence-corrected chi connectivity index (χ3v) is 7.21. The molecule has 1 aliphatic rings. The lowest BCUT2D eigenvalue weighted by Gasteiger charge is -2.36. The number of piperazine rings is 1. The summed E-state index contributed by atoms with van der Waals surface area (Å²) in [6, 6.07) is 15.4. The summed E-state index contributed by atoms with van der Waals surface area (Å²) in [5.74, 6) is -2.25. The molecule has 0 saturated carbocycles. The number of carbonyl (C=O) groups is 2. The van der Waals surface area contributed by atoms with E-state index in [1.807, 2.05) is 4.90 Å². The highest BCUT2D eigenvalue weighted by Gasteiger charge is 2.26. The summed E-state index contributed by atoms with van der Waals surface area (Å²) < 4.78 is 48.6. The molecule has 0 unspecified atom stereocenters. The molecule has 1 aliphatic heterocycles. The number of amides is 1. The van der Waals surface area contributed by atoms with Crippen LogP contribution in [0.2, 0.25) is 0 Å². The summed E-state index contributed by atoms with van der Waals surface area (Å²) in [5, 5.41) is 0. The molecule has 2 aromatic carbocycles. The van der Waals surface area contributed by atoms with E-state index < -0.39 is 28.2 Å². The Labute approximate surface area is 196 Å². The summed E-state index contributed by atoms with van der Waals surface area (Å²) >= 11 is 0. The Morgan fingerprint density at radius 3 is 2.29 bits per heavy atom. The van der Waals surface area contributed by atoms with Gasteiger partial charge >= 0.3 is 5.97 Å². The average molecular weight is 487 g/mol. The minimum Gasteiger partial charge on any atom is -0.457 e. The predicted octanol–water partition coefficient (Wildman–Crippen LogP) is 2.90. The van der Waals surface area contributed by atoms with Crippen molar-refractivity contribution in [1.29, 1.82) is 0 Å². The Balaban J connectivity index is 1.30. The van der Waals surface area contributed by atoms with Crippen LogP contribution in [0.3, 0.4) is 0 Å². The maximum Gasteiger partial charge on any atom is 0.375 e. The molecule has 0 spiro atoms. The number of nitrogens with zero attached hydrogens (tertiary/aromatic N) is 2. The van der Waals surface area contributed by atoms with E-state index >= 15 is 0 Å². The number of anilines is 1. The lowest BCUT2D eigenvalue weighted by atomic mass is 10.2. The Bertz CT molecular complexity index is 1250. The second-order valence-electron chi connectivity index (χ2n) is 7.77. The van der Waals surface area contributed by atoms with Crippen LogP contribution in [0.4, 0.5) is 10.1 Å². The quantitative estimate of drug-likeness (QED) is 0.474. The lowest BCUT2D eigenvalue weighted by molar-refractivity contribution is -0.134. The molecule has 34 heavy (non-hydrogen) atoms. The van der Waals surface area contributed by atoms with Crippen LogP contribution in [-0.4, -0.2) is 58.0 Å². The number of hydrogen-bond acceptors (Lipinski definition) is 7. The van der Waals surface area contributed by atoms with E-state index in [0.717, 1.165) is 5.69 Å². The number of halogens is 1. The second-order valence-corrected chi connectivity index (χ2v) is 9.76. The fourth-order valence-electron chi connectivity index (χ4n) is 3.69. The highest BCUT2D eigenvalue weighted by atomic mass is 32.2. The number of hydrogen-bond donors (Lipinski definition) is 0. The zero-order valence-electron chi connectivity index (χ0n) is 18.2. The summed E-state index contributed by atoms with van der Waals surface area (Å²) in [6.45, 7) is 1.49. The monoisotopic (exact) mass is 486 g/mol. The third kappa shape index (κ3) is 5.45. The molecule has 0 radical (unpaired) electrons. The number of furan rings is 1. The van der Waals surface area contributed by atoms with Crippen LogP contribution in [-0.2, 0) is 25.1 Å². The number of sulfone groups is 1. The van der Waals surface area contributed by atoms with E-state index in [2.05, 4.69) is 0 Å². The highest BCUT2D eigenvalue weighted by Crippen LogP contribution is 2.21. The molecular weight excluding hydrogens is 463 g/mol. The summed E-state index contributed by atoms with van der Waals surface area (Å²) in [7, 11) is -3.69. The van der Waals surface area contributed by atoms with Crippen LogP contribution in [0, 0.1) is 5.82 Å². The minimum absolute atomic E-state index is 0.130. The van der Waals surface area contributed by atoms with Gasteiger partial charge in [-0.2, -0.15) is 0 Å². The van der Waals surface area contributed by atoms with E-state index in [0.29, 0.717) is 26.2 Å². The summed E-state index contributed by atoms with van der Waals surface area (Å²) in [4.78, 5) is 28.7. The van der Waals surface area contributed by atoms with Crippen LogP contribution in [0.25, 0.3) is 0 Å². The Morgan fingerprint density at radius 2 is 1.62 bits per heavy atom. The van der Waals surface area contributed by atoms with Gasteiger partial charge in [-0.15, -0.1) is 0 Å². The van der Waals surface area contributed by atoms with Crippen molar-refractivity contribution in [2.75, 3.05) is 37.7 Å². The van der Waals surface area contributed by atoms with Gasteiger partial charge in [0.1, 0.15) is 5.82 Å². The predicted molar refractivity (Wildman–Crippen MR) is 122 cm³/mol. The van der Waals surface area contributed by atoms with Crippen LogP contribution < -0.4 is 4.90 Å². The van der Waals surface area contributed by atoms with E-state index in [-0.39, 0.29) is 27.9 Å². The first-order valence-corrected chi connectivity index (χ1v) is 12.3. The van der Waals surface area contributed by atoms with Crippen molar-refractivity contribution in [1.82, 2.24) is 4.90 Å². The van der Waals surface area contributed by atoms with Gasteiger partial charge in [-0.1, -0.05) is 18.2 Å². The molecule has 178 valence electrons. The van der Waals surface area contributed by atoms with Crippen LogP contribution in [0.1, 0.15) is 16.1 Å². The molecule has 0 aliphatic carbocycles. The Morgan fingerprint density at radius 1 is 0.941 bits per heavy atom. The number of benzene rings is 2. The van der Waals surface area contributed by atoms with Gasteiger partial charge in [0, 0.05) is 37.4 Å². The topological polar surface area (TPSA) is 97.1 Å². The zero-order valence-corrected chi connectivity index (χ0v) is 19.0. The average Bonchev–Trinajstić information content (AvgIpc) is 3.31. The molecule has 1 fully saturated rings. The second kappa shape index (κ2) is 10.1. The highest BCUT2D eigenvalue weighted by molar-refractivity contribution is 7.90. The molecule has 1 amide bonds. The van der Waals surface area contributed by atoms with Gasteiger partial charge in [-0.3, -0.25) is 4.79 Å². The summed E-state index contributed by atoms with van der Waals surface area (Å²) in [5.41, 5.74) is 1.03. The number of rotatable bonds is 7. The largest absolute Gasteiger partial charge is 0.457 e. The zero-order chi connectivity index (χ0) is 24.1. The number of carbonyl (C=O) groups excluding carboxylic acids is 2. The molecule has 0 N–H and O–H groups in total. The van der Waals surface area contributed by atoms with Gasteiger partial charge in [-0.05, 0) is 42.5 Å². The standard InChI is InChI=1S/C24H23FN2O6S/c25-19-6-8-20(9-7-19)26-11-13-27(14-12-26)22(28)16-33-24(29)23-18(10-15-32-23)17-34(30,31)21-4-2-1-3-5-21/h1-10,15H,11-14,16-17H2. The smallest absolute Gasteiger partial charge is 0.375 e. The molecule has 0 bridgehead atoms. The molecule has 4 rings (SSSR count). The normalized spacial score (nSPS) is 14.1. The van der Waals surface area contributed by atoms with Gasteiger partial charge in [0.05, 0.1) is 16.9 Å². The fourth-order valence-corrected chi connectivity index (χ4v) is 5.07. The fraction of sp³-hybridized carbons (Fsp3) is 0.250. The van der Waals surface area contributed by atoms with Crippen molar-refractivity contribution in [3.05, 3.63) is 84.1 Å². The molecule has 8 nitrogen and oxygen atoms in total. The van der Waals surface area contributed by atoms with E-state index in [1.165, 1.54) is 36.6 Å². The number of ether oxygens (including phenoxy) is 1. The van der Waals surface area contributed by atoms with E-state index in [9.17, 15) is 22.4 Å². The first-order chi connectivity index (χ1) is 16.3. The molecule has 0 atom stereocenters. The SMILES string of the molecule is O=C(OCC(=O)N1CCN(c2ccc(F)cc2)CC1)c1occc1CS(=O)(=O)c1ccccc1. The van der Waals surface area contributed by atoms with Crippen LogP contribution in [0.15, 0.2) is 76.2 Å². The molecule has 3 aromatic rings. The van der Waals surface area contributed by atoms with E-state index in [4.69, 9.17) is 9.15 Å². The minimum atomic E-state index is -3.69. The van der Waals surface area contributed by atoms with Crippen molar-refractivity contribution in [3.8, 4) is 0 Å². The molecule has 1 saturated heterocycles. The van der Waals surface area contributed by atoms with Crippen LogP contribution in [0.5, 0.6) is 0 Å². The molecule has 1 aromatic heterocycles. The Hall–Kier alpha value is -3.66. The lowest BCUT2D eigenvalue weighted by Crippen LogP contribution is -2.49. The first kappa shape index (κ1) is 23.5. The van der Waals surface area contributed by atoms with Gasteiger partial charge in [0.25, 0.3) is 5.91 Å². The van der Waals surface area contributed by atoms with Crippen molar-refractivity contribution >= 4 is 27.4 Å². The van der Waals surface area contributed by atoms with Crippen molar-refractivity contribution in [2.45, 2.75) is 10.6 Å². The van der Waals surface area contributed by atoms with Gasteiger partial charge in [0.15, 0.2) is 16.4 Å². The first-order valence-electron chi connectivity index (χ1n) is 10.6. The number of esters is 1. The summed E-state index contributed by atoms with van der Waals surface area (Å²) in [6.07, 6.45) is 1.21. The van der Waals surface area contributed by atoms with Crippen molar-refractivity contribution in [3.63, 3.8) is 0 Å². The molecular formula is C24H23FN2O6S. The maximum atomic E-state index is 13.1. The van der Waals surface area contributed by atoms with Crippen molar-refractivity contribution in [2.24, 2.45) is 0 Å². The third-order valence-electron chi connectivity index (χ3n) is 5.53. The van der Waals surface area contributed by atoms with Crippen molar-refractivity contribution < 1.29 is 31.6 Å². The van der Waals surface area contributed by atoms with E-state index in [1.54, 1.807) is 35.2 Å². The van der Waals surface area contributed by atoms with Crippen LogP contribution >= 0.6 is 0 Å². The van der Waals surface area contributed by atoms with Gasteiger partial charge in [-0.25, -0.2) is 17.6 Å². The molecule has 2 heterocycles. The maximum absolute atomic E-state index is 13.1. The Kier molecular flexibility index (Phi) is 6.97.